The molecule has 0 aromatic carbocycles. The summed E-state index contributed by atoms with van der Waals surface area (Å²) in [5.74, 6) is -0.462. The van der Waals surface area contributed by atoms with Gasteiger partial charge in [-0.25, -0.2) is 9.97 Å². The van der Waals surface area contributed by atoms with Crippen LogP contribution in [0, 0.1) is 0 Å². The Kier molecular flexibility index (Phi) is 3.57. The van der Waals surface area contributed by atoms with Gasteiger partial charge in [-0.15, -0.1) is 0 Å². The van der Waals surface area contributed by atoms with E-state index in [1.54, 1.807) is 17.0 Å². The molecule has 0 fully saturated rings. The molecule has 0 N–H and O–H groups in total. The molecule has 2 heterocycles. The van der Waals surface area contributed by atoms with Gasteiger partial charge in [0.25, 0.3) is 0 Å². The lowest BCUT2D eigenvalue weighted by atomic mass is 10.2. The third kappa shape index (κ3) is 3.01. The van der Waals surface area contributed by atoms with Crippen molar-refractivity contribution in [2.45, 2.75) is 39.8 Å². The number of carbonyl (C=O) groups excluding carboxylic acids is 2. The van der Waals surface area contributed by atoms with Gasteiger partial charge in [-0.2, -0.15) is 0 Å². The number of Topliss-reactive ketones (excluding diaryl/α,β-unsaturated/α-hetero) is 1. The molecule has 0 saturated carbocycles. The van der Waals surface area contributed by atoms with Crippen LogP contribution in [0.3, 0.4) is 0 Å². The van der Waals surface area contributed by atoms with Gasteiger partial charge >= 0.3 is 5.97 Å². The molecule has 2 aromatic heterocycles. The van der Waals surface area contributed by atoms with Crippen molar-refractivity contribution in [2.24, 2.45) is 0 Å². The average molecular weight is 275 g/mol. The van der Waals surface area contributed by atoms with Crippen molar-refractivity contribution >= 4 is 22.8 Å². The van der Waals surface area contributed by atoms with Gasteiger partial charge in [-0.3, -0.25) is 9.59 Å². The minimum Gasteiger partial charge on any atom is -0.459 e. The molecule has 0 aliphatic rings. The quantitative estimate of drug-likeness (QED) is 0.632. The van der Waals surface area contributed by atoms with Crippen LogP contribution in [-0.4, -0.2) is 31.9 Å². The normalized spacial score (nSPS) is 11.6. The average Bonchev–Trinajstić information content (AvgIpc) is 2.66. The van der Waals surface area contributed by atoms with Crippen molar-refractivity contribution in [3.8, 4) is 0 Å². The first kappa shape index (κ1) is 14.2. The maximum Gasteiger partial charge on any atom is 0.326 e. The van der Waals surface area contributed by atoms with Crippen molar-refractivity contribution in [1.82, 2.24) is 14.5 Å². The number of hydrogen-bond acceptors (Lipinski definition) is 5. The summed E-state index contributed by atoms with van der Waals surface area (Å²) in [6, 6.07) is 0. The molecule has 2 aromatic rings. The molecule has 0 aliphatic carbocycles. The second-order valence-corrected chi connectivity index (χ2v) is 5.57. The molecule has 0 amide bonds. The minimum atomic E-state index is -0.543. The van der Waals surface area contributed by atoms with E-state index in [0.29, 0.717) is 16.6 Å². The number of fused-ring (bicyclic) bond motifs is 1. The highest BCUT2D eigenvalue weighted by Crippen LogP contribution is 2.19. The first-order valence-corrected chi connectivity index (χ1v) is 6.29. The third-order valence-electron chi connectivity index (χ3n) is 2.64. The summed E-state index contributed by atoms with van der Waals surface area (Å²) in [5, 5.41) is 0.642. The summed E-state index contributed by atoms with van der Waals surface area (Å²) in [7, 11) is 0. The SMILES string of the molecule is CC(=O)c1cn(CC(=O)OC(C)(C)C)c2ncncc12. The van der Waals surface area contributed by atoms with E-state index < -0.39 is 5.60 Å². The summed E-state index contributed by atoms with van der Waals surface area (Å²) >= 11 is 0. The highest BCUT2D eigenvalue weighted by atomic mass is 16.6. The Labute approximate surface area is 116 Å². The van der Waals surface area contributed by atoms with Gasteiger partial charge in [0.2, 0.25) is 0 Å². The Morgan fingerprint density at radius 3 is 2.65 bits per heavy atom. The molecule has 6 heteroatoms. The Hall–Kier alpha value is -2.24. The van der Waals surface area contributed by atoms with Crippen molar-refractivity contribution in [2.75, 3.05) is 0 Å². The predicted molar refractivity (Wildman–Crippen MR) is 73.4 cm³/mol. The van der Waals surface area contributed by atoms with E-state index in [1.165, 1.54) is 13.3 Å². The second-order valence-electron chi connectivity index (χ2n) is 5.57. The smallest absolute Gasteiger partial charge is 0.326 e. The molecule has 106 valence electrons. The van der Waals surface area contributed by atoms with Crippen molar-refractivity contribution in [3.05, 3.63) is 24.3 Å². The highest BCUT2D eigenvalue weighted by Gasteiger charge is 2.19. The summed E-state index contributed by atoms with van der Waals surface area (Å²) < 4.78 is 6.89. The zero-order valence-electron chi connectivity index (χ0n) is 12.0. The number of esters is 1. The molecular weight excluding hydrogens is 258 g/mol. The maximum absolute atomic E-state index is 11.9. The Morgan fingerprint density at radius 1 is 1.35 bits per heavy atom. The van der Waals surface area contributed by atoms with E-state index >= 15 is 0 Å². The zero-order chi connectivity index (χ0) is 14.9. The number of nitrogens with zero attached hydrogens (tertiary/aromatic N) is 3. The fraction of sp³-hybridized carbons (Fsp3) is 0.429. The van der Waals surface area contributed by atoms with E-state index in [-0.39, 0.29) is 18.3 Å². The van der Waals surface area contributed by atoms with Gasteiger partial charge in [0.15, 0.2) is 5.78 Å². The molecule has 0 saturated heterocycles. The van der Waals surface area contributed by atoms with Crippen molar-refractivity contribution in [3.63, 3.8) is 0 Å². The molecule has 0 aliphatic heterocycles. The van der Waals surface area contributed by atoms with Crippen LogP contribution < -0.4 is 0 Å². The fourth-order valence-electron chi connectivity index (χ4n) is 1.94. The van der Waals surface area contributed by atoms with E-state index in [4.69, 9.17) is 4.74 Å². The van der Waals surface area contributed by atoms with Crippen LogP contribution in [0.25, 0.3) is 11.0 Å². The molecule has 0 atom stereocenters. The second kappa shape index (κ2) is 5.03. The van der Waals surface area contributed by atoms with E-state index in [1.807, 2.05) is 20.8 Å². The third-order valence-corrected chi connectivity index (χ3v) is 2.64. The number of carbonyl (C=O) groups is 2. The summed E-state index contributed by atoms with van der Waals surface area (Å²) in [5.41, 5.74) is 0.513. The Morgan fingerprint density at radius 2 is 2.05 bits per heavy atom. The van der Waals surface area contributed by atoms with Gasteiger partial charge in [0.05, 0.1) is 0 Å². The highest BCUT2D eigenvalue weighted by molar-refractivity contribution is 6.06. The zero-order valence-corrected chi connectivity index (χ0v) is 12.0. The fourth-order valence-corrected chi connectivity index (χ4v) is 1.94. The van der Waals surface area contributed by atoms with Crippen LogP contribution in [-0.2, 0) is 16.1 Å². The lowest BCUT2D eigenvalue weighted by Crippen LogP contribution is -2.26. The molecule has 0 unspecified atom stereocenters. The summed E-state index contributed by atoms with van der Waals surface area (Å²) in [4.78, 5) is 31.5. The van der Waals surface area contributed by atoms with Gasteiger partial charge < -0.3 is 9.30 Å². The number of aromatic nitrogens is 3. The van der Waals surface area contributed by atoms with Gasteiger partial charge in [-0.1, -0.05) is 0 Å². The van der Waals surface area contributed by atoms with Crippen LogP contribution in [0.1, 0.15) is 38.1 Å². The van der Waals surface area contributed by atoms with Crippen LogP contribution in [0.4, 0.5) is 0 Å². The maximum atomic E-state index is 11.9. The summed E-state index contributed by atoms with van der Waals surface area (Å²) in [6.45, 7) is 6.91. The standard InChI is InChI=1S/C14H17N3O3/c1-9(18)11-6-17(7-12(19)20-14(2,3)4)13-10(11)5-15-8-16-13/h5-6,8H,7H2,1-4H3. The molecule has 2 rings (SSSR count). The van der Waals surface area contributed by atoms with Gasteiger partial charge in [-0.05, 0) is 27.7 Å². The first-order chi connectivity index (χ1) is 9.28. The van der Waals surface area contributed by atoms with E-state index in [9.17, 15) is 9.59 Å². The monoisotopic (exact) mass is 275 g/mol. The van der Waals surface area contributed by atoms with Crippen LogP contribution in [0.15, 0.2) is 18.7 Å². The van der Waals surface area contributed by atoms with Gasteiger partial charge in [0, 0.05) is 23.3 Å². The Balaban J connectivity index is 2.36. The first-order valence-electron chi connectivity index (χ1n) is 6.29. The minimum absolute atomic E-state index is 0.0120. The van der Waals surface area contributed by atoms with Crippen molar-refractivity contribution < 1.29 is 14.3 Å². The van der Waals surface area contributed by atoms with Crippen LogP contribution in [0.5, 0.6) is 0 Å². The van der Waals surface area contributed by atoms with Gasteiger partial charge in [0.1, 0.15) is 24.1 Å². The lowest BCUT2D eigenvalue weighted by molar-refractivity contribution is -0.155. The summed E-state index contributed by atoms with van der Waals surface area (Å²) in [6.07, 6.45) is 4.58. The number of rotatable bonds is 3. The van der Waals surface area contributed by atoms with E-state index in [2.05, 4.69) is 9.97 Å². The predicted octanol–water partition coefficient (Wildman–Crippen LogP) is 1.98. The van der Waals surface area contributed by atoms with E-state index in [0.717, 1.165) is 0 Å². The molecular formula is C14H17N3O3. The number of hydrogen-bond donors (Lipinski definition) is 0. The molecule has 0 radical (unpaired) electrons. The van der Waals surface area contributed by atoms with Crippen molar-refractivity contribution in [1.29, 1.82) is 0 Å². The molecule has 0 bridgehead atoms. The molecule has 0 spiro atoms. The van der Waals surface area contributed by atoms with Crippen LogP contribution >= 0.6 is 0 Å². The number of ketones is 1. The number of ether oxygens (including phenoxy) is 1. The largest absolute Gasteiger partial charge is 0.459 e. The Bertz CT molecular complexity index is 668. The van der Waals surface area contributed by atoms with Crippen LogP contribution in [0.2, 0.25) is 0 Å². The topological polar surface area (TPSA) is 74.1 Å². The molecule has 6 nitrogen and oxygen atoms in total. The lowest BCUT2D eigenvalue weighted by Gasteiger charge is -2.19. The molecule has 20 heavy (non-hydrogen) atoms.